The first kappa shape index (κ1) is 19.2. The van der Waals surface area contributed by atoms with E-state index in [4.69, 9.17) is 0 Å². The fourth-order valence-electron chi connectivity index (χ4n) is 3.73. The smallest absolute Gasteiger partial charge is 0.323 e. The SMILES string of the molecule is CN(C(=O)Nc1ccc(C2CC2)cn1)C1CCCN(c2cc(NC=O)ccn2)C1. The third-order valence-corrected chi connectivity index (χ3v) is 5.63. The van der Waals surface area contributed by atoms with Crippen LogP contribution in [0, 0.1) is 0 Å². The summed E-state index contributed by atoms with van der Waals surface area (Å²) in [7, 11) is 1.82. The van der Waals surface area contributed by atoms with Gasteiger partial charge in [-0.3, -0.25) is 10.1 Å². The van der Waals surface area contributed by atoms with Crippen LogP contribution in [0.25, 0.3) is 0 Å². The van der Waals surface area contributed by atoms with Crippen molar-refractivity contribution < 1.29 is 9.59 Å². The van der Waals surface area contributed by atoms with Crippen molar-refractivity contribution in [2.75, 3.05) is 35.7 Å². The number of piperidine rings is 1. The van der Waals surface area contributed by atoms with Crippen LogP contribution in [0.3, 0.4) is 0 Å². The number of anilines is 3. The lowest BCUT2D eigenvalue weighted by Crippen LogP contribution is -2.50. The van der Waals surface area contributed by atoms with Crippen LogP contribution >= 0.6 is 0 Å². The van der Waals surface area contributed by atoms with Gasteiger partial charge in [-0.1, -0.05) is 6.07 Å². The highest BCUT2D eigenvalue weighted by atomic mass is 16.2. The van der Waals surface area contributed by atoms with E-state index in [9.17, 15) is 9.59 Å². The zero-order valence-electron chi connectivity index (χ0n) is 16.5. The number of hydrogen-bond acceptors (Lipinski definition) is 5. The lowest BCUT2D eigenvalue weighted by molar-refractivity contribution is -0.105. The summed E-state index contributed by atoms with van der Waals surface area (Å²) in [6.07, 6.45) is 8.56. The summed E-state index contributed by atoms with van der Waals surface area (Å²) in [5.74, 6) is 2.03. The molecule has 8 nitrogen and oxygen atoms in total. The average Bonchev–Trinajstić information content (AvgIpc) is 3.60. The van der Waals surface area contributed by atoms with Crippen molar-refractivity contribution >= 4 is 29.8 Å². The van der Waals surface area contributed by atoms with Crippen LogP contribution in [0.5, 0.6) is 0 Å². The van der Waals surface area contributed by atoms with E-state index in [1.54, 1.807) is 17.2 Å². The zero-order chi connectivity index (χ0) is 20.2. The highest BCUT2D eigenvalue weighted by molar-refractivity contribution is 5.88. The van der Waals surface area contributed by atoms with Crippen LogP contribution in [-0.2, 0) is 4.79 Å². The van der Waals surface area contributed by atoms with E-state index < -0.39 is 0 Å². The molecule has 1 aliphatic carbocycles. The Bertz CT molecular complexity index is 868. The predicted molar refractivity (Wildman–Crippen MR) is 112 cm³/mol. The molecule has 0 bridgehead atoms. The number of nitrogens with zero attached hydrogens (tertiary/aromatic N) is 4. The summed E-state index contributed by atoms with van der Waals surface area (Å²) >= 11 is 0. The molecular formula is C21H26N6O2. The summed E-state index contributed by atoms with van der Waals surface area (Å²) < 4.78 is 0. The molecule has 29 heavy (non-hydrogen) atoms. The predicted octanol–water partition coefficient (Wildman–Crippen LogP) is 3.06. The number of rotatable bonds is 6. The van der Waals surface area contributed by atoms with Crippen LogP contribution in [-0.4, -0.2) is 53.5 Å². The Labute approximate surface area is 170 Å². The van der Waals surface area contributed by atoms with Gasteiger partial charge in [0.05, 0.1) is 6.04 Å². The fourth-order valence-corrected chi connectivity index (χ4v) is 3.73. The molecule has 1 saturated carbocycles. The van der Waals surface area contributed by atoms with Crippen molar-refractivity contribution in [1.82, 2.24) is 14.9 Å². The molecule has 1 unspecified atom stereocenters. The topological polar surface area (TPSA) is 90.5 Å². The number of hydrogen-bond donors (Lipinski definition) is 2. The van der Waals surface area contributed by atoms with Gasteiger partial charge in [-0.2, -0.15) is 0 Å². The van der Waals surface area contributed by atoms with E-state index in [1.165, 1.54) is 18.4 Å². The Morgan fingerprint density at radius 3 is 2.83 bits per heavy atom. The molecule has 2 aromatic heterocycles. The first-order valence-corrected chi connectivity index (χ1v) is 10.0. The molecule has 8 heteroatoms. The molecule has 2 N–H and O–H groups in total. The molecular weight excluding hydrogens is 368 g/mol. The van der Waals surface area contributed by atoms with Gasteiger partial charge in [0.1, 0.15) is 11.6 Å². The second-order valence-corrected chi connectivity index (χ2v) is 7.70. The quantitative estimate of drug-likeness (QED) is 0.735. The van der Waals surface area contributed by atoms with Gasteiger partial charge in [0.15, 0.2) is 0 Å². The highest BCUT2D eigenvalue weighted by Gasteiger charge is 2.27. The second kappa shape index (κ2) is 8.46. The molecule has 152 valence electrons. The summed E-state index contributed by atoms with van der Waals surface area (Å²) in [4.78, 5) is 36.1. The minimum atomic E-state index is -0.159. The van der Waals surface area contributed by atoms with Crippen LogP contribution in [0.2, 0.25) is 0 Å². The third kappa shape index (κ3) is 4.64. The van der Waals surface area contributed by atoms with E-state index in [-0.39, 0.29) is 12.1 Å². The van der Waals surface area contributed by atoms with Gasteiger partial charge >= 0.3 is 6.03 Å². The van der Waals surface area contributed by atoms with Gasteiger partial charge in [-0.05, 0) is 49.3 Å². The van der Waals surface area contributed by atoms with Crippen molar-refractivity contribution in [2.24, 2.45) is 0 Å². The van der Waals surface area contributed by atoms with Crippen LogP contribution in [0.1, 0.15) is 37.2 Å². The lowest BCUT2D eigenvalue weighted by Gasteiger charge is -2.38. The molecule has 0 spiro atoms. The van der Waals surface area contributed by atoms with Crippen molar-refractivity contribution in [1.29, 1.82) is 0 Å². The molecule has 3 heterocycles. The van der Waals surface area contributed by atoms with Crippen molar-refractivity contribution in [2.45, 2.75) is 37.6 Å². The monoisotopic (exact) mass is 394 g/mol. The third-order valence-electron chi connectivity index (χ3n) is 5.63. The molecule has 0 radical (unpaired) electrons. The molecule has 3 amide bonds. The van der Waals surface area contributed by atoms with Gasteiger partial charge in [-0.15, -0.1) is 0 Å². The van der Waals surface area contributed by atoms with Crippen molar-refractivity contribution in [3.8, 4) is 0 Å². The second-order valence-electron chi connectivity index (χ2n) is 7.70. The molecule has 2 aromatic rings. The maximum atomic E-state index is 12.7. The van der Waals surface area contributed by atoms with Gasteiger partial charge in [-0.25, -0.2) is 14.8 Å². The largest absolute Gasteiger partial charge is 0.354 e. The molecule has 4 rings (SSSR count). The normalized spacial score (nSPS) is 18.8. The standard InChI is InChI=1S/C21H26N6O2/c1-26(21(29)25-19-7-6-16(12-23-19)15-4-5-15)18-3-2-10-27(13-18)20-11-17(24-14-28)8-9-22-20/h6-9,11-12,14-15,18H,2-5,10,13H2,1H3,(H,22,24,28)(H,23,25,29). The summed E-state index contributed by atoms with van der Waals surface area (Å²) in [5.41, 5.74) is 1.96. The molecule has 1 aliphatic heterocycles. The van der Waals surface area contributed by atoms with Gasteiger partial charge in [0, 0.05) is 44.3 Å². The number of pyridine rings is 2. The summed E-state index contributed by atoms with van der Waals surface area (Å²) in [6.45, 7) is 1.56. The summed E-state index contributed by atoms with van der Waals surface area (Å²) in [6, 6.07) is 7.44. The molecule has 2 fully saturated rings. The Hall–Kier alpha value is -3.16. The number of nitrogens with one attached hydrogen (secondary N) is 2. The maximum Gasteiger partial charge on any atom is 0.323 e. The van der Waals surface area contributed by atoms with Crippen molar-refractivity contribution in [3.63, 3.8) is 0 Å². The first-order chi connectivity index (χ1) is 14.1. The highest BCUT2D eigenvalue weighted by Crippen LogP contribution is 2.39. The minimum absolute atomic E-state index is 0.0685. The number of amides is 3. The number of aromatic nitrogens is 2. The number of carbonyl (C=O) groups excluding carboxylic acids is 2. The van der Waals surface area contributed by atoms with E-state index in [1.807, 2.05) is 25.4 Å². The van der Waals surface area contributed by atoms with Gasteiger partial charge in [0.2, 0.25) is 6.41 Å². The van der Waals surface area contributed by atoms with Gasteiger partial charge < -0.3 is 15.1 Å². The Morgan fingerprint density at radius 2 is 2.10 bits per heavy atom. The fraction of sp³-hybridized carbons (Fsp3) is 0.429. The minimum Gasteiger partial charge on any atom is -0.354 e. The average molecular weight is 394 g/mol. The molecule has 1 saturated heterocycles. The Kier molecular flexibility index (Phi) is 5.59. The maximum absolute atomic E-state index is 12.7. The van der Waals surface area contributed by atoms with Crippen LogP contribution in [0.15, 0.2) is 36.7 Å². The van der Waals surface area contributed by atoms with E-state index in [0.717, 1.165) is 25.2 Å². The lowest BCUT2D eigenvalue weighted by atomic mass is 10.0. The molecule has 2 aliphatic rings. The van der Waals surface area contributed by atoms with E-state index >= 15 is 0 Å². The van der Waals surface area contributed by atoms with E-state index in [2.05, 4.69) is 31.6 Å². The summed E-state index contributed by atoms with van der Waals surface area (Å²) in [5, 5.41) is 5.55. The van der Waals surface area contributed by atoms with Crippen LogP contribution < -0.4 is 15.5 Å². The number of carbonyl (C=O) groups is 2. The van der Waals surface area contributed by atoms with Gasteiger partial charge in [0.25, 0.3) is 0 Å². The molecule has 1 atom stereocenters. The number of urea groups is 1. The number of likely N-dealkylation sites (N-methyl/N-ethyl adjacent to an activating group) is 1. The van der Waals surface area contributed by atoms with Crippen LogP contribution in [0.4, 0.5) is 22.1 Å². The zero-order valence-corrected chi connectivity index (χ0v) is 16.5. The molecule has 0 aromatic carbocycles. The van der Waals surface area contributed by atoms with Crippen molar-refractivity contribution in [3.05, 3.63) is 42.2 Å². The van der Waals surface area contributed by atoms with E-state index in [0.29, 0.717) is 30.4 Å². The Morgan fingerprint density at radius 1 is 1.24 bits per heavy atom. The first-order valence-electron chi connectivity index (χ1n) is 10.0. The Balaban J connectivity index is 1.37.